The van der Waals surface area contributed by atoms with Crippen LogP contribution in [0.4, 0.5) is 11.4 Å². The standard InChI is InChI=1S/C12H15Cl2N3O2/c13-10-4-9(17(18)19)5-11(14)12(10)16-7-8-2-1-3-15-6-8/h4-5,8,15-16H,1-3,6-7H2. The van der Waals surface area contributed by atoms with E-state index < -0.39 is 4.92 Å². The second-order valence-electron chi connectivity index (χ2n) is 4.63. The average Bonchev–Trinajstić information content (AvgIpc) is 2.38. The minimum Gasteiger partial charge on any atom is -0.382 e. The Kier molecular flexibility index (Phi) is 4.85. The van der Waals surface area contributed by atoms with Crippen LogP contribution in [0, 0.1) is 16.0 Å². The summed E-state index contributed by atoms with van der Waals surface area (Å²) in [6.45, 7) is 2.79. The van der Waals surface area contributed by atoms with Gasteiger partial charge in [-0.25, -0.2) is 0 Å². The lowest BCUT2D eigenvalue weighted by Crippen LogP contribution is -2.33. The highest BCUT2D eigenvalue weighted by atomic mass is 35.5. The maximum atomic E-state index is 10.7. The van der Waals surface area contributed by atoms with E-state index in [4.69, 9.17) is 23.2 Å². The van der Waals surface area contributed by atoms with E-state index in [1.54, 1.807) is 0 Å². The van der Waals surface area contributed by atoms with Crippen LogP contribution in [-0.4, -0.2) is 24.6 Å². The number of hydrogen-bond donors (Lipinski definition) is 2. The molecule has 1 aromatic carbocycles. The predicted molar refractivity (Wildman–Crippen MR) is 77.2 cm³/mol. The average molecular weight is 304 g/mol. The van der Waals surface area contributed by atoms with E-state index in [9.17, 15) is 10.1 Å². The molecule has 7 heteroatoms. The van der Waals surface area contributed by atoms with E-state index in [0.29, 0.717) is 11.6 Å². The second kappa shape index (κ2) is 6.41. The number of rotatable bonds is 4. The van der Waals surface area contributed by atoms with Gasteiger partial charge in [0, 0.05) is 18.7 Å². The summed E-state index contributed by atoms with van der Waals surface area (Å²) in [6.07, 6.45) is 2.32. The van der Waals surface area contributed by atoms with E-state index in [0.717, 1.165) is 32.5 Å². The molecule has 0 saturated carbocycles. The predicted octanol–water partition coefficient (Wildman–Crippen LogP) is 3.31. The quantitative estimate of drug-likeness (QED) is 0.661. The van der Waals surface area contributed by atoms with Gasteiger partial charge in [0.2, 0.25) is 0 Å². The zero-order valence-corrected chi connectivity index (χ0v) is 11.8. The summed E-state index contributed by atoms with van der Waals surface area (Å²) in [6, 6.07) is 2.63. The zero-order chi connectivity index (χ0) is 13.8. The van der Waals surface area contributed by atoms with Crippen LogP contribution < -0.4 is 10.6 Å². The van der Waals surface area contributed by atoms with Gasteiger partial charge in [0.25, 0.3) is 5.69 Å². The number of nitro benzene ring substituents is 1. The van der Waals surface area contributed by atoms with Crippen LogP contribution in [0.5, 0.6) is 0 Å². The number of nitro groups is 1. The lowest BCUT2D eigenvalue weighted by atomic mass is 10.00. The van der Waals surface area contributed by atoms with Gasteiger partial charge < -0.3 is 10.6 Å². The second-order valence-corrected chi connectivity index (χ2v) is 5.45. The Morgan fingerprint density at radius 2 is 2.11 bits per heavy atom. The summed E-state index contributed by atoms with van der Waals surface area (Å²) in [7, 11) is 0. The minimum atomic E-state index is -0.507. The van der Waals surface area contributed by atoms with Crippen molar-refractivity contribution in [1.82, 2.24) is 5.32 Å². The third-order valence-corrected chi connectivity index (χ3v) is 3.80. The molecule has 5 nitrogen and oxygen atoms in total. The summed E-state index contributed by atoms with van der Waals surface area (Å²) in [5.74, 6) is 0.524. The van der Waals surface area contributed by atoms with Gasteiger partial charge in [-0.15, -0.1) is 0 Å². The molecule has 0 radical (unpaired) electrons. The number of nitrogens with one attached hydrogen (secondary N) is 2. The van der Waals surface area contributed by atoms with Gasteiger partial charge in [-0.3, -0.25) is 10.1 Å². The summed E-state index contributed by atoms with van der Waals surface area (Å²) in [4.78, 5) is 10.2. The summed E-state index contributed by atoms with van der Waals surface area (Å²) in [5, 5.41) is 17.8. The third-order valence-electron chi connectivity index (χ3n) is 3.20. The molecular formula is C12H15Cl2N3O2. The Morgan fingerprint density at radius 1 is 1.42 bits per heavy atom. The molecule has 1 saturated heterocycles. The summed E-state index contributed by atoms with van der Waals surface area (Å²) < 4.78 is 0. The third kappa shape index (κ3) is 3.72. The maximum absolute atomic E-state index is 10.7. The van der Waals surface area contributed by atoms with E-state index in [2.05, 4.69) is 10.6 Å². The molecule has 0 amide bonds. The molecule has 0 bridgehead atoms. The fourth-order valence-corrected chi connectivity index (χ4v) is 2.79. The van der Waals surface area contributed by atoms with Gasteiger partial charge in [-0.05, 0) is 31.8 Å². The van der Waals surface area contributed by atoms with E-state index in [-0.39, 0.29) is 15.7 Å². The number of nitrogens with zero attached hydrogens (tertiary/aromatic N) is 1. The number of hydrogen-bond acceptors (Lipinski definition) is 4. The molecule has 0 aliphatic carbocycles. The molecule has 19 heavy (non-hydrogen) atoms. The van der Waals surface area contributed by atoms with Gasteiger partial charge in [-0.2, -0.15) is 0 Å². The SMILES string of the molecule is O=[N+]([O-])c1cc(Cl)c(NCC2CCCNC2)c(Cl)c1. The first kappa shape index (κ1) is 14.4. The number of benzene rings is 1. The number of piperidine rings is 1. The Bertz CT molecular complexity index is 453. The molecule has 1 unspecified atom stereocenters. The molecule has 2 N–H and O–H groups in total. The van der Waals surface area contributed by atoms with Crippen molar-refractivity contribution in [3.8, 4) is 0 Å². The largest absolute Gasteiger partial charge is 0.382 e. The molecule has 1 aromatic rings. The van der Waals surface area contributed by atoms with Crippen molar-refractivity contribution < 1.29 is 4.92 Å². The van der Waals surface area contributed by atoms with Crippen LogP contribution in [0.3, 0.4) is 0 Å². The number of anilines is 1. The van der Waals surface area contributed by atoms with Crippen LogP contribution in [-0.2, 0) is 0 Å². The van der Waals surface area contributed by atoms with Crippen molar-refractivity contribution in [2.45, 2.75) is 12.8 Å². The highest BCUT2D eigenvalue weighted by Gasteiger charge is 2.17. The van der Waals surface area contributed by atoms with E-state index in [1.807, 2.05) is 0 Å². The molecule has 1 aliphatic heterocycles. The van der Waals surface area contributed by atoms with Crippen molar-refractivity contribution in [3.05, 3.63) is 32.3 Å². The summed E-state index contributed by atoms with van der Waals surface area (Å²) >= 11 is 12.1. The first-order valence-electron chi connectivity index (χ1n) is 6.16. The van der Waals surface area contributed by atoms with Crippen LogP contribution in [0.25, 0.3) is 0 Å². The number of non-ortho nitro benzene ring substituents is 1. The molecule has 1 fully saturated rings. The minimum absolute atomic E-state index is 0.0973. The van der Waals surface area contributed by atoms with Crippen LogP contribution >= 0.6 is 23.2 Å². The Hall–Kier alpha value is -1.04. The first-order chi connectivity index (χ1) is 9.08. The van der Waals surface area contributed by atoms with Crippen molar-refractivity contribution >= 4 is 34.6 Å². The van der Waals surface area contributed by atoms with Crippen molar-refractivity contribution in [3.63, 3.8) is 0 Å². The summed E-state index contributed by atoms with van der Waals surface area (Å²) in [5.41, 5.74) is 0.472. The maximum Gasteiger partial charge on any atom is 0.272 e. The van der Waals surface area contributed by atoms with Gasteiger partial charge in [0.1, 0.15) is 0 Å². The fourth-order valence-electron chi connectivity index (χ4n) is 2.18. The normalized spacial score (nSPS) is 19.2. The Balaban J connectivity index is 2.05. The van der Waals surface area contributed by atoms with Gasteiger partial charge in [0.05, 0.1) is 20.7 Å². The van der Waals surface area contributed by atoms with Gasteiger partial charge in [-0.1, -0.05) is 23.2 Å². The highest BCUT2D eigenvalue weighted by molar-refractivity contribution is 6.39. The zero-order valence-electron chi connectivity index (χ0n) is 10.3. The molecule has 1 heterocycles. The van der Waals surface area contributed by atoms with Crippen molar-refractivity contribution in [2.24, 2.45) is 5.92 Å². The molecule has 1 atom stereocenters. The molecule has 0 spiro atoms. The smallest absolute Gasteiger partial charge is 0.272 e. The molecule has 0 aromatic heterocycles. The lowest BCUT2D eigenvalue weighted by molar-refractivity contribution is -0.384. The van der Waals surface area contributed by atoms with Crippen LogP contribution in [0.15, 0.2) is 12.1 Å². The van der Waals surface area contributed by atoms with Gasteiger partial charge >= 0.3 is 0 Å². The fraction of sp³-hybridized carbons (Fsp3) is 0.500. The number of halogens is 2. The lowest BCUT2D eigenvalue weighted by Gasteiger charge is -2.23. The topological polar surface area (TPSA) is 67.2 Å². The first-order valence-corrected chi connectivity index (χ1v) is 6.91. The molecule has 2 rings (SSSR count). The van der Waals surface area contributed by atoms with Gasteiger partial charge in [0.15, 0.2) is 0 Å². The Labute approximate surface area is 121 Å². The monoisotopic (exact) mass is 303 g/mol. The molecule has 1 aliphatic rings. The highest BCUT2D eigenvalue weighted by Crippen LogP contribution is 2.34. The molecular weight excluding hydrogens is 289 g/mol. The Morgan fingerprint density at radius 3 is 2.63 bits per heavy atom. The van der Waals surface area contributed by atoms with E-state index >= 15 is 0 Å². The van der Waals surface area contributed by atoms with E-state index in [1.165, 1.54) is 12.1 Å². The van der Waals surface area contributed by atoms with Crippen molar-refractivity contribution in [2.75, 3.05) is 25.0 Å². The van der Waals surface area contributed by atoms with Crippen LogP contribution in [0.2, 0.25) is 10.0 Å². The molecule has 104 valence electrons. The van der Waals surface area contributed by atoms with Crippen LogP contribution in [0.1, 0.15) is 12.8 Å². The van der Waals surface area contributed by atoms with Crippen molar-refractivity contribution in [1.29, 1.82) is 0 Å².